The summed E-state index contributed by atoms with van der Waals surface area (Å²) in [4.78, 5) is 0. The molecule has 0 bridgehead atoms. The van der Waals surface area contributed by atoms with Gasteiger partial charge in [0, 0.05) is 4.57 Å². The Labute approximate surface area is 117 Å². The second kappa shape index (κ2) is 16.5. The van der Waals surface area contributed by atoms with Crippen molar-refractivity contribution >= 4 is 8.25 Å². The van der Waals surface area contributed by atoms with Crippen LogP contribution in [0.3, 0.4) is 0 Å². The zero-order valence-corrected chi connectivity index (χ0v) is 13.0. The van der Waals surface area contributed by atoms with Gasteiger partial charge in [0.05, 0.1) is 0 Å². The van der Waals surface area contributed by atoms with Gasteiger partial charge in [-0.3, -0.25) is 0 Å². The summed E-state index contributed by atoms with van der Waals surface area (Å²) in [5, 5.41) is 0. The van der Waals surface area contributed by atoms with E-state index in [1.165, 1.54) is 25.7 Å². The van der Waals surface area contributed by atoms with Gasteiger partial charge in [0.1, 0.15) is 13.2 Å². The van der Waals surface area contributed by atoms with Crippen molar-refractivity contribution in [1.82, 2.24) is 0 Å². The fraction of sp³-hybridized carbons (Fsp3) is 1.00. The van der Waals surface area contributed by atoms with Crippen LogP contribution in [-0.4, -0.2) is 13.2 Å². The van der Waals surface area contributed by atoms with E-state index in [1.807, 2.05) is 0 Å². The molecule has 0 aromatic carbocycles. The molecule has 0 spiro atoms. The quantitative estimate of drug-likeness (QED) is 0.382. The predicted octanol–water partition coefficient (Wildman–Crippen LogP) is 4.84. The molecule has 0 atom stereocenters. The first kappa shape index (κ1) is 19.9. The van der Waals surface area contributed by atoms with Gasteiger partial charge < -0.3 is 0 Å². The largest absolute Gasteiger partial charge is 3.00 e. The van der Waals surface area contributed by atoms with Crippen molar-refractivity contribution in [2.24, 2.45) is 0 Å². The van der Waals surface area contributed by atoms with E-state index >= 15 is 0 Å². The fourth-order valence-electron chi connectivity index (χ4n) is 1.37. The molecule has 5 heteroatoms. The zero-order valence-electron chi connectivity index (χ0n) is 11.1. The van der Waals surface area contributed by atoms with Crippen LogP contribution in [0.1, 0.15) is 65.2 Å². The van der Waals surface area contributed by atoms with Crippen LogP contribution in [-0.2, 0) is 30.4 Å². The van der Waals surface area contributed by atoms with Crippen LogP contribution in [0.5, 0.6) is 0 Å². The maximum atomic E-state index is 11.2. The van der Waals surface area contributed by atoms with E-state index in [4.69, 9.17) is 9.05 Å². The van der Waals surface area contributed by atoms with E-state index in [9.17, 15) is 4.57 Å². The van der Waals surface area contributed by atoms with Crippen molar-refractivity contribution in [3.05, 3.63) is 0 Å². The van der Waals surface area contributed by atoms with Gasteiger partial charge in [0.2, 0.25) is 0 Å². The van der Waals surface area contributed by atoms with Gasteiger partial charge in [-0.2, -0.15) is 0 Å². The van der Waals surface area contributed by atoms with Crippen molar-refractivity contribution in [3.63, 3.8) is 0 Å². The van der Waals surface area contributed by atoms with E-state index in [-0.39, 0.29) is 16.8 Å². The molecule has 0 rings (SSSR count). The summed E-state index contributed by atoms with van der Waals surface area (Å²) < 4.78 is 21.4. The molecular weight excluding hydrogens is 282 g/mol. The van der Waals surface area contributed by atoms with Crippen LogP contribution in [0.15, 0.2) is 0 Å². The molecule has 102 valence electrons. The maximum Gasteiger partial charge on any atom is 3.00 e. The first-order valence-corrected chi connectivity index (χ1v) is 7.63. The summed E-state index contributed by atoms with van der Waals surface area (Å²) in [6.07, 6.45) is 9.12. The molecule has 0 saturated heterocycles. The topological polar surface area (TPSA) is 35.5 Å². The molecule has 0 unspecified atom stereocenters. The summed E-state index contributed by atoms with van der Waals surface area (Å²) in [5.41, 5.74) is 0. The van der Waals surface area contributed by atoms with E-state index in [1.54, 1.807) is 0 Å². The average Bonchev–Trinajstić information content (AvgIpc) is 2.28. The molecule has 17 heavy (non-hydrogen) atoms. The Morgan fingerprint density at radius 1 is 0.765 bits per heavy atom. The minimum absolute atomic E-state index is 0. The Hall–Kier alpha value is 0.526. The zero-order chi connectivity index (χ0) is 12.1. The molecule has 0 N–H and O–H groups in total. The summed E-state index contributed by atoms with van der Waals surface area (Å²) in [5.74, 6) is 0. The fourth-order valence-corrected chi connectivity index (χ4v) is 2.00. The van der Waals surface area contributed by atoms with Gasteiger partial charge in [-0.25, -0.2) is 0 Å². The van der Waals surface area contributed by atoms with Crippen LogP contribution >= 0.6 is 8.25 Å². The third-order valence-corrected chi connectivity index (χ3v) is 3.18. The SMILES string of the molecule is CCCCCCO[P+](=O)OCCCCCC.[Co+3]. The van der Waals surface area contributed by atoms with E-state index in [0.29, 0.717) is 13.2 Å². The molecule has 0 aromatic rings. The van der Waals surface area contributed by atoms with Crippen LogP contribution < -0.4 is 0 Å². The molecule has 3 nitrogen and oxygen atoms in total. The normalized spacial score (nSPS) is 10.0. The first-order chi connectivity index (χ1) is 7.81. The summed E-state index contributed by atoms with van der Waals surface area (Å²) >= 11 is 0. The first-order valence-electron chi connectivity index (χ1n) is 6.54. The number of hydrogen-bond acceptors (Lipinski definition) is 3. The molecule has 0 aliphatic carbocycles. The van der Waals surface area contributed by atoms with Gasteiger partial charge >= 0.3 is 25.0 Å². The third kappa shape index (κ3) is 16.5. The van der Waals surface area contributed by atoms with Crippen LogP contribution in [0.2, 0.25) is 0 Å². The summed E-state index contributed by atoms with van der Waals surface area (Å²) in [6, 6.07) is 0. The van der Waals surface area contributed by atoms with Gasteiger partial charge in [-0.15, -0.1) is 9.05 Å². The Kier molecular flexibility index (Phi) is 19.3. The van der Waals surface area contributed by atoms with Crippen LogP contribution in [0.4, 0.5) is 0 Å². The van der Waals surface area contributed by atoms with Crippen LogP contribution in [0.25, 0.3) is 0 Å². The second-order valence-corrected chi connectivity index (χ2v) is 4.97. The van der Waals surface area contributed by atoms with Crippen molar-refractivity contribution in [3.8, 4) is 0 Å². The molecule has 0 radical (unpaired) electrons. The van der Waals surface area contributed by atoms with Crippen molar-refractivity contribution in [1.29, 1.82) is 0 Å². The molecule has 0 aliphatic rings. The average molecular weight is 308 g/mol. The Bertz CT molecular complexity index is 152. The summed E-state index contributed by atoms with van der Waals surface area (Å²) in [7, 11) is -1.87. The maximum absolute atomic E-state index is 11.2. The second-order valence-electron chi connectivity index (χ2n) is 4.01. The van der Waals surface area contributed by atoms with Crippen molar-refractivity contribution in [2.45, 2.75) is 65.2 Å². The van der Waals surface area contributed by atoms with Gasteiger partial charge in [0.15, 0.2) is 0 Å². The van der Waals surface area contributed by atoms with Gasteiger partial charge in [-0.05, 0) is 12.8 Å². The number of hydrogen-bond donors (Lipinski definition) is 0. The Morgan fingerprint density at radius 3 is 1.53 bits per heavy atom. The van der Waals surface area contributed by atoms with E-state index < -0.39 is 8.25 Å². The Morgan fingerprint density at radius 2 is 1.18 bits per heavy atom. The molecule has 0 amide bonds. The molecule has 0 fully saturated rings. The summed E-state index contributed by atoms with van der Waals surface area (Å²) in [6.45, 7) is 5.45. The molecular formula is C12H26CoO3P+4. The smallest absolute Gasteiger partial charge is 0.119 e. The van der Waals surface area contributed by atoms with E-state index in [0.717, 1.165) is 25.7 Å². The van der Waals surface area contributed by atoms with Gasteiger partial charge in [0.25, 0.3) is 0 Å². The van der Waals surface area contributed by atoms with Crippen LogP contribution in [0, 0.1) is 0 Å². The molecule has 0 aliphatic heterocycles. The van der Waals surface area contributed by atoms with Gasteiger partial charge in [-0.1, -0.05) is 52.4 Å². The minimum Gasteiger partial charge on any atom is -0.119 e. The monoisotopic (exact) mass is 308 g/mol. The van der Waals surface area contributed by atoms with Crippen molar-refractivity contribution < 1.29 is 30.4 Å². The standard InChI is InChI=1S/C12H26O3P.Co/c1-3-5-7-9-11-14-16(13)15-12-10-8-6-4-2;/h3-12H2,1-2H3;/q+1;+3. The van der Waals surface area contributed by atoms with Crippen molar-refractivity contribution in [2.75, 3.05) is 13.2 Å². The number of rotatable bonds is 12. The molecule has 0 aromatic heterocycles. The minimum atomic E-state index is -1.87. The Balaban J connectivity index is 0. The van der Waals surface area contributed by atoms with E-state index in [2.05, 4.69) is 13.8 Å². The third-order valence-electron chi connectivity index (χ3n) is 2.39. The molecule has 0 heterocycles. The molecule has 0 saturated carbocycles. The predicted molar refractivity (Wildman–Crippen MR) is 67.8 cm³/mol. The number of unbranched alkanes of at least 4 members (excludes halogenated alkanes) is 6.